The van der Waals surface area contributed by atoms with E-state index >= 15 is 0 Å². The molecule has 1 saturated heterocycles. The molecule has 5 rings (SSSR count). The van der Waals surface area contributed by atoms with Gasteiger partial charge in [-0.25, -0.2) is 4.99 Å². The minimum atomic E-state index is 0.00229. The van der Waals surface area contributed by atoms with Gasteiger partial charge in [-0.1, -0.05) is 37.1 Å². The van der Waals surface area contributed by atoms with E-state index in [0.29, 0.717) is 18.3 Å². The molecule has 1 N–H and O–H groups in total. The van der Waals surface area contributed by atoms with Crippen molar-refractivity contribution in [3.8, 4) is 0 Å². The Bertz CT molecular complexity index is 1100. The van der Waals surface area contributed by atoms with Gasteiger partial charge in [-0.3, -0.25) is 9.69 Å². The van der Waals surface area contributed by atoms with E-state index in [1.165, 1.54) is 29.1 Å². The molecule has 2 fully saturated rings. The number of carbonyl (C=O) groups excluding carboxylic acids is 1. The number of hydrogen-bond donors (Lipinski definition) is 1. The van der Waals surface area contributed by atoms with Crippen LogP contribution in [0, 0.1) is 0 Å². The maximum atomic E-state index is 13.5. The van der Waals surface area contributed by atoms with E-state index in [1.807, 2.05) is 35.7 Å². The predicted octanol–water partition coefficient (Wildman–Crippen LogP) is 4.27. The molecule has 1 aliphatic carbocycles. The first-order valence-corrected chi connectivity index (χ1v) is 13.5. The minimum Gasteiger partial charge on any atom is -0.379 e. The molecule has 2 atom stereocenters. The number of amides is 1. The number of aromatic nitrogens is 1. The molecule has 0 radical (unpaired) electrons. The van der Waals surface area contributed by atoms with Crippen molar-refractivity contribution in [1.82, 2.24) is 14.8 Å². The third-order valence-corrected chi connectivity index (χ3v) is 8.19. The zero-order valence-corrected chi connectivity index (χ0v) is 20.3. The SMILES string of the molecule is O=C(N[C@@H]1CCCC[C@H]1N1CCOCC1)c1csc(=Nc2ccccc2)n1Cc1cccs1. The van der Waals surface area contributed by atoms with E-state index in [4.69, 9.17) is 9.73 Å². The summed E-state index contributed by atoms with van der Waals surface area (Å²) in [4.78, 5) is 23.0. The Morgan fingerprint density at radius 3 is 2.67 bits per heavy atom. The van der Waals surface area contributed by atoms with Gasteiger partial charge in [0.15, 0.2) is 4.80 Å². The van der Waals surface area contributed by atoms with Gasteiger partial charge >= 0.3 is 0 Å². The molecule has 0 unspecified atom stereocenters. The summed E-state index contributed by atoms with van der Waals surface area (Å²) in [5.74, 6) is 0.00229. The highest BCUT2D eigenvalue weighted by molar-refractivity contribution is 7.10. The Hall–Kier alpha value is -2.26. The highest BCUT2D eigenvalue weighted by Gasteiger charge is 2.32. The van der Waals surface area contributed by atoms with Crippen molar-refractivity contribution in [2.24, 2.45) is 4.99 Å². The van der Waals surface area contributed by atoms with Crippen molar-refractivity contribution >= 4 is 34.3 Å². The highest BCUT2D eigenvalue weighted by atomic mass is 32.1. The molecule has 1 amide bonds. The fourth-order valence-electron chi connectivity index (χ4n) is 4.79. The maximum Gasteiger partial charge on any atom is 0.269 e. The van der Waals surface area contributed by atoms with Crippen LogP contribution in [0.15, 0.2) is 58.2 Å². The number of hydrogen-bond acceptors (Lipinski definition) is 6. The number of ether oxygens (including phenoxy) is 1. The summed E-state index contributed by atoms with van der Waals surface area (Å²) in [6.07, 6.45) is 4.56. The average molecular weight is 483 g/mol. The largest absolute Gasteiger partial charge is 0.379 e. The molecule has 2 aliphatic rings. The average Bonchev–Trinajstić information content (AvgIpc) is 3.51. The fourth-order valence-corrected chi connectivity index (χ4v) is 6.39. The van der Waals surface area contributed by atoms with Crippen molar-refractivity contribution in [3.05, 3.63) is 68.6 Å². The summed E-state index contributed by atoms with van der Waals surface area (Å²) in [6, 6.07) is 14.7. The summed E-state index contributed by atoms with van der Waals surface area (Å²) in [6.45, 7) is 4.12. The molecule has 8 heteroatoms. The second-order valence-electron chi connectivity index (χ2n) is 8.60. The van der Waals surface area contributed by atoms with E-state index < -0.39 is 0 Å². The monoisotopic (exact) mass is 482 g/mol. The van der Waals surface area contributed by atoms with Crippen LogP contribution < -0.4 is 10.1 Å². The van der Waals surface area contributed by atoms with Gasteiger partial charge in [0.2, 0.25) is 0 Å². The predicted molar refractivity (Wildman–Crippen MR) is 133 cm³/mol. The van der Waals surface area contributed by atoms with E-state index in [2.05, 4.69) is 32.3 Å². The molecular weight excluding hydrogens is 452 g/mol. The molecule has 1 aromatic carbocycles. The highest BCUT2D eigenvalue weighted by Crippen LogP contribution is 2.25. The van der Waals surface area contributed by atoms with Gasteiger partial charge in [0, 0.05) is 35.4 Å². The van der Waals surface area contributed by atoms with Crippen LogP contribution in [0.1, 0.15) is 41.0 Å². The van der Waals surface area contributed by atoms with Gasteiger partial charge in [-0.15, -0.1) is 22.7 Å². The fraction of sp³-hybridized carbons (Fsp3) is 0.440. The van der Waals surface area contributed by atoms with Gasteiger partial charge < -0.3 is 14.6 Å². The van der Waals surface area contributed by atoms with Crippen LogP contribution in [-0.2, 0) is 11.3 Å². The number of morpholine rings is 1. The normalized spacial score (nSPS) is 22.4. The molecule has 0 bridgehead atoms. The summed E-state index contributed by atoms with van der Waals surface area (Å²) in [7, 11) is 0. The van der Waals surface area contributed by atoms with Crippen LogP contribution in [0.3, 0.4) is 0 Å². The zero-order valence-electron chi connectivity index (χ0n) is 18.7. The van der Waals surface area contributed by atoms with E-state index in [-0.39, 0.29) is 11.9 Å². The first-order chi connectivity index (χ1) is 16.3. The minimum absolute atomic E-state index is 0.00229. The molecule has 174 valence electrons. The smallest absolute Gasteiger partial charge is 0.269 e. The van der Waals surface area contributed by atoms with Crippen molar-refractivity contribution < 1.29 is 9.53 Å². The van der Waals surface area contributed by atoms with Gasteiger partial charge in [0.1, 0.15) is 5.69 Å². The molecular formula is C25H30N4O2S2. The zero-order chi connectivity index (χ0) is 22.5. The van der Waals surface area contributed by atoms with Gasteiger partial charge in [0.05, 0.1) is 25.4 Å². The van der Waals surface area contributed by atoms with E-state index in [9.17, 15) is 4.79 Å². The number of nitrogens with one attached hydrogen (secondary N) is 1. The second-order valence-corrected chi connectivity index (χ2v) is 10.5. The molecule has 2 aromatic heterocycles. The van der Waals surface area contributed by atoms with Crippen molar-refractivity contribution in [3.63, 3.8) is 0 Å². The lowest BCUT2D eigenvalue weighted by atomic mass is 9.88. The Labute approximate surface area is 202 Å². The number of carbonyl (C=O) groups is 1. The van der Waals surface area contributed by atoms with Crippen LogP contribution in [0.5, 0.6) is 0 Å². The summed E-state index contributed by atoms with van der Waals surface area (Å²) in [5, 5.41) is 7.44. The number of para-hydroxylation sites is 1. The maximum absolute atomic E-state index is 13.5. The quantitative estimate of drug-likeness (QED) is 0.571. The standard InChI is InChI=1S/C25H30N4O2S2/c30-24(27-21-10-4-5-11-22(21)28-12-14-31-15-13-28)23-18-33-25(26-19-7-2-1-3-8-19)29(23)17-20-9-6-16-32-20/h1-3,6-9,16,18,21-22H,4-5,10-15,17H2,(H,27,30)/t21-,22-/m1/s1. The van der Waals surface area contributed by atoms with Crippen LogP contribution in [0.4, 0.5) is 5.69 Å². The third kappa shape index (κ3) is 5.46. The Morgan fingerprint density at radius 2 is 1.88 bits per heavy atom. The number of thiazole rings is 1. The summed E-state index contributed by atoms with van der Waals surface area (Å²) < 4.78 is 7.61. The van der Waals surface area contributed by atoms with Crippen molar-refractivity contribution in [2.45, 2.75) is 44.3 Å². The molecule has 3 aromatic rings. The molecule has 0 spiro atoms. The van der Waals surface area contributed by atoms with Crippen molar-refractivity contribution in [2.75, 3.05) is 26.3 Å². The number of rotatable bonds is 6. The number of benzene rings is 1. The van der Waals surface area contributed by atoms with Crippen LogP contribution >= 0.6 is 22.7 Å². The third-order valence-electron chi connectivity index (χ3n) is 6.47. The first-order valence-electron chi connectivity index (χ1n) is 11.7. The Kier molecular flexibility index (Phi) is 7.36. The second kappa shape index (κ2) is 10.8. The number of thiophene rings is 1. The lowest BCUT2D eigenvalue weighted by Gasteiger charge is -2.41. The van der Waals surface area contributed by atoms with Gasteiger partial charge in [0.25, 0.3) is 5.91 Å². The van der Waals surface area contributed by atoms with E-state index in [0.717, 1.165) is 49.6 Å². The van der Waals surface area contributed by atoms with Gasteiger partial charge in [-0.2, -0.15) is 0 Å². The molecule has 1 aliphatic heterocycles. The number of nitrogens with zero attached hydrogens (tertiary/aromatic N) is 3. The summed E-state index contributed by atoms with van der Waals surface area (Å²) in [5.41, 5.74) is 1.58. The lowest BCUT2D eigenvalue weighted by molar-refractivity contribution is 0.0000845. The lowest BCUT2D eigenvalue weighted by Crippen LogP contribution is -2.56. The van der Waals surface area contributed by atoms with Gasteiger partial charge in [-0.05, 0) is 36.4 Å². The Balaban J connectivity index is 1.41. The van der Waals surface area contributed by atoms with Crippen molar-refractivity contribution in [1.29, 1.82) is 0 Å². The first kappa shape index (κ1) is 22.5. The van der Waals surface area contributed by atoms with Crippen LogP contribution in [0.25, 0.3) is 0 Å². The molecule has 33 heavy (non-hydrogen) atoms. The van der Waals surface area contributed by atoms with Crippen LogP contribution in [-0.4, -0.2) is 53.8 Å². The molecule has 6 nitrogen and oxygen atoms in total. The molecule has 1 saturated carbocycles. The Morgan fingerprint density at radius 1 is 1.06 bits per heavy atom. The van der Waals surface area contributed by atoms with E-state index in [1.54, 1.807) is 11.3 Å². The van der Waals surface area contributed by atoms with Crippen LogP contribution in [0.2, 0.25) is 0 Å². The molecule has 3 heterocycles. The topological polar surface area (TPSA) is 58.9 Å². The summed E-state index contributed by atoms with van der Waals surface area (Å²) >= 11 is 3.23.